The normalized spacial score (nSPS) is 17.2. The van der Waals surface area contributed by atoms with Gasteiger partial charge in [0.05, 0.1) is 17.5 Å². The number of methoxy groups -OCH3 is 1. The van der Waals surface area contributed by atoms with E-state index in [1.807, 2.05) is 4.52 Å². The smallest absolute Gasteiger partial charge is 0.152 e. The van der Waals surface area contributed by atoms with E-state index in [9.17, 15) is 0 Å². The van der Waals surface area contributed by atoms with E-state index < -0.39 is 0 Å². The number of nitrogen functional groups attached to an aromatic ring is 1. The summed E-state index contributed by atoms with van der Waals surface area (Å²) in [4.78, 5) is 7.99. The van der Waals surface area contributed by atoms with Crippen molar-refractivity contribution >= 4 is 32.8 Å². The number of nitrogens with zero attached hydrogens (tertiary/aromatic N) is 4. The largest absolute Gasteiger partial charge is 0.495 e. The fourth-order valence-electron chi connectivity index (χ4n) is 4.91. The number of likely N-dealkylation sites (tertiary alicyclic amines) is 1. The third-order valence-electron chi connectivity index (χ3n) is 6.32. The lowest BCUT2D eigenvalue weighted by Crippen LogP contribution is -2.21. The Morgan fingerprint density at radius 3 is 2.94 bits per heavy atom. The number of nitrogens with two attached hydrogens (primary N) is 1. The third kappa shape index (κ3) is 3.66. The summed E-state index contributed by atoms with van der Waals surface area (Å²) < 4.78 is 8.78. The molecule has 1 aromatic carbocycles. The minimum absolute atomic E-state index is 0.516. The van der Waals surface area contributed by atoms with Crippen molar-refractivity contribution in [3.63, 3.8) is 0 Å². The molecule has 0 amide bonds. The summed E-state index contributed by atoms with van der Waals surface area (Å²) in [5.41, 5.74) is 10.7. The molecule has 1 aliphatic heterocycles. The van der Waals surface area contributed by atoms with E-state index in [-0.39, 0.29) is 0 Å². The maximum absolute atomic E-state index is 6.35. The first-order chi connectivity index (χ1) is 15.1. The van der Waals surface area contributed by atoms with Gasteiger partial charge in [-0.1, -0.05) is 19.4 Å². The van der Waals surface area contributed by atoms with Gasteiger partial charge in [0.2, 0.25) is 0 Å². The Labute approximate surface area is 186 Å². The molecule has 0 unspecified atom stereocenters. The van der Waals surface area contributed by atoms with Gasteiger partial charge in [0.25, 0.3) is 0 Å². The molecule has 31 heavy (non-hydrogen) atoms. The standard InChI is InChI=1S/C24H29N5OS/c1-4-5-16-6-7-28(12-16)13-18-11-19(22-24(25)26-14-27-29(18)22)21-10-17-8-15(2)9-20(30-3)23(17)31-21/h8-11,14,16H,4-7,12-13H2,1-3H3,(H2,25,26,27)/t16-/m0/s1. The van der Waals surface area contributed by atoms with Crippen molar-refractivity contribution in [2.24, 2.45) is 5.92 Å². The maximum atomic E-state index is 6.35. The van der Waals surface area contributed by atoms with E-state index >= 15 is 0 Å². The molecule has 0 radical (unpaired) electrons. The quantitative estimate of drug-likeness (QED) is 0.455. The van der Waals surface area contributed by atoms with Gasteiger partial charge in [0.15, 0.2) is 5.82 Å². The lowest BCUT2D eigenvalue weighted by atomic mass is 10.0. The number of fused-ring (bicyclic) bond motifs is 2. The van der Waals surface area contributed by atoms with E-state index in [2.05, 4.69) is 53.1 Å². The molecular weight excluding hydrogens is 406 g/mol. The summed E-state index contributed by atoms with van der Waals surface area (Å²) in [7, 11) is 1.73. The van der Waals surface area contributed by atoms with Crippen LogP contribution in [-0.4, -0.2) is 39.7 Å². The van der Waals surface area contributed by atoms with Crippen molar-refractivity contribution in [3.05, 3.63) is 41.9 Å². The van der Waals surface area contributed by atoms with E-state index in [4.69, 9.17) is 10.5 Å². The summed E-state index contributed by atoms with van der Waals surface area (Å²) in [5.74, 6) is 2.24. The minimum Gasteiger partial charge on any atom is -0.495 e. The number of aromatic nitrogens is 3. The highest BCUT2D eigenvalue weighted by atomic mass is 32.1. The number of rotatable bonds is 6. The number of hydrogen-bond donors (Lipinski definition) is 1. The Morgan fingerprint density at radius 1 is 1.26 bits per heavy atom. The van der Waals surface area contributed by atoms with Crippen molar-refractivity contribution in [2.45, 2.75) is 39.7 Å². The fourth-order valence-corrected chi connectivity index (χ4v) is 6.06. The van der Waals surface area contributed by atoms with Crippen LogP contribution in [0.3, 0.4) is 0 Å². The molecule has 1 aliphatic rings. The van der Waals surface area contributed by atoms with Crippen molar-refractivity contribution in [2.75, 3.05) is 25.9 Å². The van der Waals surface area contributed by atoms with Crippen LogP contribution in [0.2, 0.25) is 0 Å². The molecule has 1 saturated heterocycles. The first-order valence-electron chi connectivity index (χ1n) is 11.0. The van der Waals surface area contributed by atoms with Crippen LogP contribution in [0, 0.1) is 12.8 Å². The first kappa shape index (κ1) is 20.3. The monoisotopic (exact) mass is 435 g/mol. The van der Waals surface area contributed by atoms with Crippen LogP contribution in [0.5, 0.6) is 5.75 Å². The highest BCUT2D eigenvalue weighted by Crippen LogP contribution is 2.42. The molecule has 0 aliphatic carbocycles. The highest BCUT2D eigenvalue weighted by Gasteiger charge is 2.24. The molecule has 6 nitrogen and oxygen atoms in total. The Balaban J connectivity index is 1.58. The average Bonchev–Trinajstić information content (AvgIpc) is 3.46. The van der Waals surface area contributed by atoms with Crippen LogP contribution in [-0.2, 0) is 6.54 Å². The third-order valence-corrected chi connectivity index (χ3v) is 7.52. The highest BCUT2D eigenvalue weighted by molar-refractivity contribution is 7.22. The van der Waals surface area contributed by atoms with Crippen LogP contribution < -0.4 is 10.5 Å². The predicted octanol–water partition coefficient (Wildman–Crippen LogP) is 5.13. The van der Waals surface area contributed by atoms with Gasteiger partial charge in [-0.05, 0) is 61.4 Å². The van der Waals surface area contributed by atoms with Crippen LogP contribution in [0.4, 0.5) is 5.82 Å². The average molecular weight is 436 g/mol. The van der Waals surface area contributed by atoms with Gasteiger partial charge < -0.3 is 10.5 Å². The van der Waals surface area contributed by atoms with Gasteiger partial charge in [-0.3, -0.25) is 4.90 Å². The SMILES string of the molecule is CCC[C@H]1CCN(Cc2cc(-c3cc4cc(C)cc(OC)c4s3)c3c(N)ncnn23)C1. The van der Waals surface area contributed by atoms with Gasteiger partial charge in [-0.15, -0.1) is 11.3 Å². The molecule has 2 N–H and O–H groups in total. The molecule has 0 spiro atoms. The molecule has 1 atom stereocenters. The Hall–Kier alpha value is -2.64. The second-order valence-electron chi connectivity index (χ2n) is 8.63. The summed E-state index contributed by atoms with van der Waals surface area (Å²) in [5, 5.41) is 5.76. The molecule has 4 aromatic rings. The summed E-state index contributed by atoms with van der Waals surface area (Å²) in [6.45, 7) is 7.56. The Kier molecular flexibility index (Phi) is 5.32. The number of thiophene rings is 1. The zero-order valence-corrected chi connectivity index (χ0v) is 19.2. The topological polar surface area (TPSA) is 68.7 Å². The van der Waals surface area contributed by atoms with Crippen LogP contribution in [0.15, 0.2) is 30.6 Å². The van der Waals surface area contributed by atoms with Crippen molar-refractivity contribution in [1.29, 1.82) is 0 Å². The van der Waals surface area contributed by atoms with E-state index in [1.165, 1.54) is 30.2 Å². The lowest BCUT2D eigenvalue weighted by molar-refractivity contribution is 0.307. The number of hydrogen-bond acceptors (Lipinski definition) is 6. The van der Waals surface area contributed by atoms with E-state index in [0.717, 1.165) is 57.7 Å². The predicted molar refractivity (Wildman–Crippen MR) is 128 cm³/mol. The Morgan fingerprint density at radius 2 is 2.13 bits per heavy atom. The van der Waals surface area contributed by atoms with Gasteiger partial charge in [-0.2, -0.15) is 5.10 Å². The molecular formula is C24H29N5OS. The number of benzene rings is 1. The molecule has 1 fully saturated rings. The maximum Gasteiger partial charge on any atom is 0.152 e. The van der Waals surface area contributed by atoms with Gasteiger partial charge in [-0.25, -0.2) is 9.50 Å². The summed E-state index contributed by atoms with van der Waals surface area (Å²) >= 11 is 1.73. The molecule has 162 valence electrons. The Bertz CT molecular complexity index is 1240. The van der Waals surface area contributed by atoms with Crippen LogP contribution >= 0.6 is 11.3 Å². The lowest BCUT2D eigenvalue weighted by Gasteiger charge is -2.15. The zero-order valence-electron chi connectivity index (χ0n) is 18.4. The molecule has 7 heteroatoms. The number of anilines is 1. The molecule has 0 saturated carbocycles. The minimum atomic E-state index is 0.516. The van der Waals surface area contributed by atoms with Gasteiger partial charge in [0, 0.05) is 23.5 Å². The van der Waals surface area contributed by atoms with Crippen LogP contribution in [0.1, 0.15) is 37.4 Å². The van der Waals surface area contributed by atoms with Gasteiger partial charge >= 0.3 is 0 Å². The number of ether oxygens (including phenoxy) is 1. The van der Waals surface area contributed by atoms with Crippen molar-refractivity contribution in [1.82, 2.24) is 19.5 Å². The zero-order chi connectivity index (χ0) is 21.5. The molecule has 3 aromatic heterocycles. The van der Waals surface area contributed by atoms with Crippen LogP contribution in [0.25, 0.3) is 26.0 Å². The number of aryl methyl sites for hydroxylation is 1. The first-order valence-corrected chi connectivity index (χ1v) is 11.8. The summed E-state index contributed by atoms with van der Waals surface area (Å²) in [6.07, 6.45) is 5.41. The van der Waals surface area contributed by atoms with E-state index in [0.29, 0.717) is 5.82 Å². The van der Waals surface area contributed by atoms with Crippen molar-refractivity contribution in [3.8, 4) is 16.2 Å². The molecule has 4 heterocycles. The van der Waals surface area contributed by atoms with E-state index in [1.54, 1.807) is 24.8 Å². The second kappa shape index (κ2) is 8.13. The summed E-state index contributed by atoms with van der Waals surface area (Å²) in [6, 6.07) is 8.77. The molecule has 0 bridgehead atoms. The fraction of sp³-hybridized carbons (Fsp3) is 0.417. The van der Waals surface area contributed by atoms with Crippen molar-refractivity contribution < 1.29 is 4.74 Å². The second-order valence-corrected chi connectivity index (χ2v) is 9.68. The molecule has 5 rings (SSSR count). The van der Waals surface area contributed by atoms with Gasteiger partial charge in [0.1, 0.15) is 17.6 Å².